The molecule has 2 aromatic carbocycles. The van der Waals surface area contributed by atoms with Gasteiger partial charge < -0.3 is 5.73 Å². The molecular formula is C17H19N3. The molecule has 0 aliphatic rings. The predicted molar refractivity (Wildman–Crippen MR) is 84.2 cm³/mol. The van der Waals surface area contributed by atoms with Crippen LogP contribution in [-0.4, -0.2) is 9.78 Å². The Morgan fingerprint density at radius 3 is 2.35 bits per heavy atom. The largest absolute Gasteiger partial charge is 0.383 e. The van der Waals surface area contributed by atoms with Crippen molar-refractivity contribution in [3.05, 3.63) is 54.1 Å². The van der Waals surface area contributed by atoms with Gasteiger partial charge in [-0.05, 0) is 35.2 Å². The molecule has 0 spiro atoms. The van der Waals surface area contributed by atoms with Crippen molar-refractivity contribution in [1.82, 2.24) is 9.78 Å². The Balaban J connectivity index is 2.21. The molecule has 0 saturated heterocycles. The van der Waals surface area contributed by atoms with Gasteiger partial charge in [-0.25, -0.2) is 4.68 Å². The van der Waals surface area contributed by atoms with Crippen LogP contribution < -0.4 is 5.73 Å². The summed E-state index contributed by atoms with van der Waals surface area (Å²) in [5.74, 6) is 0.692. The second-order valence-electron chi connectivity index (χ2n) is 6.11. The average Bonchev–Trinajstić information content (AvgIpc) is 2.76. The highest BCUT2D eigenvalue weighted by Gasteiger charge is 2.16. The van der Waals surface area contributed by atoms with Gasteiger partial charge in [-0.1, -0.05) is 45.0 Å². The average molecular weight is 265 g/mol. The van der Waals surface area contributed by atoms with Crippen molar-refractivity contribution >= 4 is 16.7 Å². The normalized spacial score (nSPS) is 11.9. The first-order valence-corrected chi connectivity index (χ1v) is 6.81. The lowest BCUT2D eigenvalue weighted by Crippen LogP contribution is -2.10. The van der Waals surface area contributed by atoms with E-state index in [0.717, 1.165) is 16.6 Å². The van der Waals surface area contributed by atoms with E-state index >= 15 is 0 Å². The fourth-order valence-corrected chi connectivity index (χ4v) is 2.34. The number of hydrogen-bond donors (Lipinski definition) is 1. The van der Waals surface area contributed by atoms with Gasteiger partial charge in [-0.2, -0.15) is 5.10 Å². The molecule has 0 fully saturated rings. The molecule has 102 valence electrons. The Morgan fingerprint density at radius 1 is 1.00 bits per heavy atom. The number of anilines is 1. The van der Waals surface area contributed by atoms with Gasteiger partial charge in [0, 0.05) is 5.39 Å². The quantitative estimate of drug-likeness (QED) is 0.725. The Labute approximate surface area is 119 Å². The van der Waals surface area contributed by atoms with Crippen molar-refractivity contribution < 1.29 is 0 Å². The van der Waals surface area contributed by atoms with Crippen LogP contribution in [-0.2, 0) is 5.41 Å². The summed E-state index contributed by atoms with van der Waals surface area (Å²) >= 11 is 0. The number of rotatable bonds is 1. The monoisotopic (exact) mass is 265 g/mol. The zero-order chi connectivity index (χ0) is 14.3. The fourth-order valence-electron chi connectivity index (χ4n) is 2.34. The molecule has 3 nitrogen and oxygen atoms in total. The van der Waals surface area contributed by atoms with Crippen LogP contribution >= 0.6 is 0 Å². The maximum Gasteiger partial charge on any atom is 0.135 e. The molecule has 0 aliphatic carbocycles. The van der Waals surface area contributed by atoms with Crippen molar-refractivity contribution in [1.29, 1.82) is 0 Å². The standard InChI is InChI=1S/C17H19N3/c1-17(2,3)12-9-10-15-14(11-12)16(18)20(19-15)13-7-5-4-6-8-13/h4-11H,18H2,1-3H3. The van der Waals surface area contributed by atoms with Gasteiger partial charge in [0.05, 0.1) is 11.2 Å². The number of nitrogens with two attached hydrogens (primary N) is 1. The Morgan fingerprint density at radius 2 is 1.70 bits per heavy atom. The highest BCUT2D eigenvalue weighted by Crippen LogP contribution is 2.29. The second-order valence-corrected chi connectivity index (χ2v) is 6.11. The molecule has 3 aromatic rings. The number of hydrogen-bond acceptors (Lipinski definition) is 2. The minimum Gasteiger partial charge on any atom is -0.383 e. The first-order valence-electron chi connectivity index (χ1n) is 6.81. The zero-order valence-corrected chi connectivity index (χ0v) is 12.1. The van der Waals surface area contributed by atoms with E-state index in [0.29, 0.717) is 5.82 Å². The first kappa shape index (κ1) is 12.7. The van der Waals surface area contributed by atoms with Crippen molar-refractivity contribution in [3.63, 3.8) is 0 Å². The molecule has 0 radical (unpaired) electrons. The molecule has 0 aliphatic heterocycles. The van der Waals surface area contributed by atoms with E-state index < -0.39 is 0 Å². The van der Waals surface area contributed by atoms with E-state index in [9.17, 15) is 0 Å². The summed E-state index contributed by atoms with van der Waals surface area (Å²) in [5.41, 5.74) is 9.57. The molecular weight excluding hydrogens is 246 g/mol. The van der Waals surface area contributed by atoms with Crippen LogP contribution in [0.4, 0.5) is 5.82 Å². The molecule has 3 heteroatoms. The van der Waals surface area contributed by atoms with Crippen LogP contribution in [0.15, 0.2) is 48.5 Å². The van der Waals surface area contributed by atoms with Gasteiger partial charge in [0.1, 0.15) is 5.82 Å². The van der Waals surface area contributed by atoms with Crippen LogP contribution in [0, 0.1) is 0 Å². The second kappa shape index (κ2) is 4.37. The lowest BCUT2D eigenvalue weighted by molar-refractivity contribution is 0.591. The molecule has 0 bridgehead atoms. The number of aromatic nitrogens is 2. The smallest absolute Gasteiger partial charge is 0.135 e. The summed E-state index contributed by atoms with van der Waals surface area (Å²) < 4.78 is 1.80. The summed E-state index contributed by atoms with van der Waals surface area (Å²) in [7, 11) is 0. The molecule has 0 atom stereocenters. The summed E-state index contributed by atoms with van der Waals surface area (Å²) in [6.45, 7) is 6.60. The zero-order valence-electron chi connectivity index (χ0n) is 12.1. The van der Waals surface area contributed by atoms with Gasteiger partial charge in [0.2, 0.25) is 0 Å². The molecule has 1 aromatic heterocycles. The molecule has 0 saturated carbocycles. The van der Waals surface area contributed by atoms with Crippen LogP contribution in [0.25, 0.3) is 16.6 Å². The summed E-state index contributed by atoms with van der Waals surface area (Å²) in [4.78, 5) is 0. The first-order chi connectivity index (χ1) is 9.47. The van der Waals surface area contributed by atoms with Gasteiger partial charge in [0.25, 0.3) is 0 Å². The summed E-state index contributed by atoms with van der Waals surface area (Å²) in [6.07, 6.45) is 0. The lowest BCUT2D eigenvalue weighted by atomic mass is 9.86. The third-order valence-electron chi connectivity index (χ3n) is 3.58. The van der Waals surface area contributed by atoms with Crippen molar-refractivity contribution in [2.24, 2.45) is 0 Å². The van der Waals surface area contributed by atoms with Crippen LogP contribution in [0.3, 0.4) is 0 Å². The van der Waals surface area contributed by atoms with E-state index in [1.807, 2.05) is 36.4 Å². The van der Waals surface area contributed by atoms with Gasteiger partial charge in [0.15, 0.2) is 0 Å². The minimum atomic E-state index is 0.107. The summed E-state index contributed by atoms with van der Waals surface area (Å²) in [6, 6.07) is 16.3. The Hall–Kier alpha value is -2.29. The van der Waals surface area contributed by atoms with E-state index in [1.54, 1.807) is 4.68 Å². The highest BCUT2D eigenvalue weighted by molar-refractivity contribution is 5.90. The number of fused-ring (bicyclic) bond motifs is 1. The van der Waals surface area contributed by atoms with E-state index in [2.05, 4.69) is 38.0 Å². The number of benzene rings is 2. The van der Waals surface area contributed by atoms with Crippen LogP contribution in [0.1, 0.15) is 26.3 Å². The maximum absolute atomic E-state index is 6.28. The number of nitrogens with zero attached hydrogens (tertiary/aromatic N) is 2. The van der Waals surface area contributed by atoms with E-state index in [4.69, 9.17) is 5.73 Å². The number of nitrogen functional groups attached to an aromatic ring is 1. The SMILES string of the molecule is CC(C)(C)c1ccc2nn(-c3ccccc3)c(N)c2c1. The fraction of sp³-hybridized carbons (Fsp3) is 0.235. The molecule has 1 heterocycles. The van der Waals surface area contributed by atoms with Gasteiger partial charge >= 0.3 is 0 Å². The van der Waals surface area contributed by atoms with Crippen molar-refractivity contribution in [2.45, 2.75) is 26.2 Å². The molecule has 0 amide bonds. The van der Waals surface area contributed by atoms with Crippen molar-refractivity contribution in [3.8, 4) is 5.69 Å². The van der Waals surface area contributed by atoms with Crippen molar-refractivity contribution in [2.75, 3.05) is 5.73 Å². The molecule has 2 N–H and O–H groups in total. The third-order valence-corrected chi connectivity index (χ3v) is 3.58. The topological polar surface area (TPSA) is 43.8 Å². The summed E-state index contributed by atoms with van der Waals surface area (Å²) in [5, 5.41) is 5.61. The van der Waals surface area contributed by atoms with Gasteiger partial charge in [-0.15, -0.1) is 0 Å². The third kappa shape index (κ3) is 2.05. The van der Waals surface area contributed by atoms with Gasteiger partial charge in [-0.3, -0.25) is 0 Å². The molecule has 3 rings (SSSR count). The minimum absolute atomic E-state index is 0.107. The maximum atomic E-state index is 6.28. The molecule has 0 unspecified atom stereocenters. The van der Waals surface area contributed by atoms with E-state index in [1.165, 1.54) is 5.56 Å². The lowest BCUT2D eigenvalue weighted by Gasteiger charge is -2.18. The van der Waals surface area contributed by atoms with E-state index in [-0.39, 0.29) is 5.41 Å². The Kier molecular flexibility index (Phi) is 2.78. The highest BCUT2D eigenvalue weighted by atomic mass is 15.3. The molecule has 20 heavy (non-hydrogen) atoms. The predicted octanol–water partition coefficient (Wildman–Crippen LogP) is 3.91. The Bertz CT molecular complexity index is 749. The van der Waals surface area contributed by atoms with Crippen LogP contribution in [0.2, 0.25) is 0 Å². The van der Waals surface area contributed by atoms with Crippen LogP contribution in [0.5, 0.6) is 0 Å². The number of para-hydroxylation sites is 1.